The SMILES string of the molecule is Cc1cc(C(Cc2c(Cl)c#[n+]cc2Cl)N=O)cc(OCC2CC2)c1OC(F)F. The van der Waals surface area contributed by atoms with Gasteiger partial charge < -0.3 is 9.47 Å². The third kappa shape index (κ3) is 5.00. The maximum atomic E-state index is 12.8. The summed E-state index contributed by atoms with van der Waals surface area (Å²) in [6.07, 6.45) is 6.14. The molecule has 1 unspecified atom stereocenters. The molecule has 1 aliphatic rings. The predicted molar refractivity (Wildman–Crippen MR) is 99.2 cm³/mol. The van der Waals surface area contributed by atoms with Crippen LogP contribution in [0.4, 0.5) is 8.78 Å². The number of alkyl halides is 2. The van der Waals surface area contributed by atoms with Crippen molar-refractivity contribution in [1.82, 2.24) is 0 Å². The Balaban J connectivity index is 1.92. The van der Waals surface area contributed by atoms with Crippen LogP contribution in [0, 0.1) is 23.9 Å². The Morgan fingerprint density at radius 1 is 1.36 bits per heavy atom. The molecule has 1 aromatic heterocycles. The summed E-state index contributed by atoms with van der Waals surface area (Å²) in [5.41, 5.74) is 1.38. The molecule has 0 saturated heterocycles. The van der Waals surface area contributed by atoms with E-state index in [0.29, 0.717) is 29.2 Å². The van der Waals surface area contributed by atoms with Crippen LogP contribution in [0.3, 0.4) is 0 Å². The van der Waals surface area contributed by atoms with Gasteiger partial charge in [0.05, 0.1) is 6.61 Å². The van der Waals surface area contributed by atoms with Gasteiger partial charge >= 0.3 is 19.0 Å². The van der Waals surface area contributed by atoms with Crippen LogP contribution in [0.5, 0.6) is 11.5 Å². The van der Waals surface area contributed by atoms with Crippen molar-refractivity contribution in [3.8, 4) is 11.5 Å². The summed E-state index contributed by atoms with van der Waals surface area (Å²) in [6, 6.07) is 2.22. The molecule has 148 valence electrons. The van der Waals surface area contributed by atoms with E-state index in [1.54, 1.807) is 13.0 Å². The van der Waals surface area contributed by atoms with Crippen molar-refractivity contribution in [3.63, 3.8) is 0 Å². The van der Waals surface area contributed by atoms with E-state index < -0.39 is 12.7 Å². The first-order chi connectivity index (χ1) is 13.4. The molecular formula is C19H17Cl2F2N2O3+. The van der Waals surface area contributed by atoms with Gasteiger partial charge in [0, 0.05) is 12.0 Å². The minimum Gasteiger partial charge on any atom is -0.489 e. The first-order valence-electron chi connectivity index (χ1n) is 8.64. The zero-order chi connectivity index (χ0) is 20.3. The van der Waals surface area contributed by atoms with Crippen molar-refractivity contribution in [2.24, 2.45) is 11.1 Å². The number of nitroso groups, excluding NO2 is 1. The molecule has 28 heavy (non-hydrogen) atoms. The van der Waals surface area contributed by atoms with E-state index in [0.717, 1.165) is 12.8 Å². The molecule has 1 atom stereocenters. The van der Waals surface area contributed by atoms with Crippen molar-refractivity contribution < 1.29 is 23.2 Å². The molecule has 1 saturated carbocycles. The van der Waals surface area contributed by atoms with Gasteiger partial charge in [-0.3, -0.25) is 0 Å². The summed E-state index contributed by atoms with van der Waals surface area (Å²) < 4.78 is 36.0. The van der Waals surface area contributed by atoms with E-state index in [9.17, 15) is 13.7 Å². The van der Waals surface area contributed by atoms with Crippen LogP contribution in [0.2, 0.25) is 10.0 Å². The fourth-order valence-corrected chi connectivity index (χ4v) is 3.29. The van der Waals surface area contributed by atoms with E-state index in [2.05, 4.69) is 21.1 Å². The predicted octanol–water partition coefficient (Wildman–Crippen LogP) is 5.14. The highest BCUT2D eigenvalue weighted by atomic mass is 35.5. The molecule has 1 aromatic carbocycles. The van der Waals surface area contributed by atoms with Crippen molar-refractivity contribution in [3.05, 3.63) is 56.2 Å². The lowest BCUT2D eigenvalue weighted by molar-refractivity contribution is -0.293. The van der Waals surface area contributed by atoms with E-state index in [1.807, 2.05) is 0 Å². The number of aromatic nitrogens is 1. The molecule has 0 bridgehead atoms. The molecule has 0 N–H and O–H groups in total. The van der Waals surface area contributed by atoms with Crippen molar-refractivity contribution in [2.75, 3.05) is 6.61 Å². The van der Waals surface area contributed by atoms with Gasteiger partial charge in [0.25, 0.3) is 0 Å². The van der Waals surface area contributed by atoms with Crippen LogP contribution in [0.1, 0.15) is 35.6 Å². The van der Waals surface area contributed by atoms with E-state index in [-0.39, 0.29) is 28.0 Å². The molecule has 9 heteroatoms. The van der Waals surface area contributed by atoms with Crippen molar-refractivity contribution in [1.29, 1.82) is 0 Å². The van der Waals surface area contributed by atoms with Gasteiger partial charge in [0.15, 0.2) is 16.5 Å². The lowest BCUT2D eigenvalue weighted by Gasteiger charge is -2.18. The summed E-state index contributed by atoms with van der Waals surface area (Å²) in [5, 5.41) is 3.65. The number of halogens is 4. The molecule has 0 amide bonds. The van der Waals surface area contributed by atoms with Gasteiger partial charge in [-0.25, -0.2) is 0 Å². The highest BCUT2D eigenvalue weighted by Gasteiger charge is 2.26. The van der Waals surface area contributed by atoms with Crippen LogP contribution >= 0.6 is 23.2 Å². The molecule has 0 radical (unpaired) electrons. The Kier molecular flexibility index (Phi) is 6.53. The molecule has 0 spiro atoms. The number of benzene rings is 1. The monoisotopic (exact) mass is 429 g/mol. The zero-order valence-electron chi connectivity index (χ0n) is 14.9. The Morgan fingerprint density at radius 2 is 2.11 bits per heavy atom. The molecule has 5 nitrogen and oxygen atoms in total. The Hall–Kier alpha value is -2.17. The number of ether oxygens (including phenoxy) is 2. The van der Waals surface area contributed by atoms with Crippen LogP contribution in [0.25, 0.3) is 0 Å². The Labute approximate surface area is 170 Å². The van der Waals surface area contributed by atoms with Crippen LogP contribution in [-0.4, -0.2) is 13.2 Å². The van der Waals surface area contributed by atoms with Crippen molar-refractivity contribution >= 4 is 23.2 Å². The van der Waals surface area contributed by atoms with Crippen LogP contribution < -0.4 is 14.5 Å². The second kappa shape index (κ2) is 8.89. The first-order valence-corrected chi connectivity index (χ1v) is 9.39. The van der Waals surface area contributed by atoms with Gasteiger partial charge in [-0.2, -0.15) is 13.7 Å². The van der Waals surface area contributed by atoms with Gasteiger partial charge in [0.2, 0.25) is 0 Å². The molecule has 1 aliphatic carbocycles. The normalized spacial score (nSPS) is 14.5. The van der Waals surface area contributed by atoms with E-state index >= 15 is 0 Å². The summed E-state index contributed by atoms with van der Waals surface area (Å²) >= 11 is 12.2. The molecule has 0 aliphatic heterocycles. The van der Waals surface area contributed by atoms with E-state index in [4.69, 9.17) is 27.9 Å². The average Bonchev–Trinajstić information content (AvgIpc) is 3.46. The van der Waals surface area contributed by atoms with Gasteiger partial charge in [-0.15, -0.1) is 0 Å². The molecular weight excluding hydrogens is 413 g/mol. The van der Waals surface area contributed by atoms with Gasteiger partial charge in [0.1, 0.15) is 11.1 Å². The van der Waals surface area contributed by atoms with Crippen molar-refractivity contribution in [2.45, 2.75) is 38.8 Å². The smallest absolute Gasteiger partial charge is 0.387 e. The largest absolute Gasteiger partial charge is 0.489 e. The summed E-state index contributed by atoms with van der Waals surface area (Å²) in [4.78, 5) is 15.3. The second-order valence-corrected chi connectivity index (χ2v) is 7.42. The quantitative estimate of drug-likeness (QED) is 0.517. The van der Waals surface area contributed by atoms with Crippen LogP contribution in [0.15, 0.2) is 23.5 Å². The fraction of sp³-hybridized carbons (Fsp3) is 0.421. The molecule has 3 rings (SSSR count). The zero-order valence-corrected chi connectivity index (χ0v) is 16.4. The number of hydrogen-bond acceptors (Lipinski definition) is 4. The number of nitrogens with zero attached hydrogens (tertiary/aromatic N) is 2. The maximum Gasteiger partial charge on any atom is 0.387 e. The Morgan fingerprint density at radius 3 is 2.71 bits per heavy atom. The number of rotatable bonds is 9. The lowest BCUT2D eigenvalue weighted by atomic mass is 9.98. The van der Waals surface area contributed by atoms with Gasteiger partial charge in [-0.05, 0) is 53.9 Å². The summed E-state index contributed by atoms with van der Waals surface area (Å²) in [7, 11) is 0. The first kappa shape index (κ1) is 20.6. The highest BCUT2D eigenvalue weighted by molar-refractivity contribution is 6.35. The minimum atomic E-state index is -2.99. The third-order valence-corrected chi connectivity index (χ3v) is 5.08. The molecule has 1 heterocycles. The Bertz CT molecular complexity index is 843. The highest BCUT2D eigenvalue weighted by Crippen LogP contribution is 2.39. The van der Waals surface area contributed by atoms with Crippen LogP contribution in [-0.2, 0) is 6.42 Å². The standard InChI is InChI=1S/C19H17Cl2F2N2O3/c1-10-4-12(16(25-26)6-13-14(20)7-24-8-15(13)21)5-17(18(10)28-19(22)23)27-9-11-2-3-11/h4-5,7,11,16,19H,2-3,6,9H2,1H3/q+1. The number of hydrogen-bond donors (Lipinski definition) is 0. The lowest BCUT2D eigenvalue weighted by Crippen LogP contribution is -2.09. The number of aryl methyl sites for hydroxylation is 1. The minimum absolute atomic E-state index is 0.0441. The third-order valence-electron chi connectivity index (χ3n) is 4.44. The van der Waals surface area contributed by atoms with Gasteiger partial charge in [-0.1, -0.05) is 28.4 Å². The maximum absolute atomic E-state index is 12.8. The average molecular weight is 430 g/mol. The second-order valence-electron chi connectivity index (χ2n) is 6.63. The summed E-state index contributed by atoms with van der Waals surface area (Å²) in [5.74, 6) is 0.528. The summed E-state index contributed by atoms with van der Waals surface area (Å²) in [6.45, 7) is -0.982. The molecule has 1 fully saturated rings. The topological polar surface area (TPSA) is 62.0 Å². The van der Waals surface area contributed by atoms with E-state index in [1.165, 1.54) is 12.3 Å². The molecule has 2 aromatic rings. The fourth-order valence-electron chi connectivity index (χ4n) is 2.79.